The lowest BCUT2D eigenvalue weighted by molar-refractivity contribution is 0.669. The number of hydrogen-bond acceptors (Lipinski definition) is 4. The summed E-state index contributed by atoms with van der Waals surface area (Å²) in [7, 11) is 0. The van der Waals surface area contributed by atoms with Crippen molar-refractivity contribution in [2.45, 2.75) is 0 Å². The van der Waals surface area contributed by atoms with Crippen LogP contribution >= 0.6 is 0 Å². The van der Waals surface area contributed by atoms with Crippen LogP contribution in [0.4, 0.5) is 0 Å². The molecule has 0 aliphatic heterocycles. The highest BCUT2D eigenvalue weighted by Gasteiger charge is 2.21. The third-order valence-electron chi connectivity index (χ3n) is 16.1. The zero-order valence-corrected chi connectivity index (χ0v) is 45.2. The Bertz CT molecular complexity index is 4730. The maximum Gasteiger partial charge on any atom is 0.136 e. The molecule has 4 aromatic heterocycles. The van der Waals surface area contributed by atoms with Crippen LogP contribution in [0.2, 0.25) is 0 Å². The third-order valence-corrected chi connectivity index (χ3v) is 16.1. The van der Waals surface area contributed by atoms with Crippen LogP contribution in [0.25, 0.3) is 156 Å². The first kappa shape index (κ1) is 49.0. The van der Waals surface area contributed by atoms with Crippen molar-refractivity contribution in [1.29, 1.82) is 0 Å². The minimum Gasteiger partial charge on any atom is -0.456 e. The van der Waals surface area contributed by atoms with Crippen molar-refractivity contribution in [3.05, 3.63) is 310 Å². The van der Waals surface area contributed by atoms with E-state index in [1.165, 1.54) is 0 Å². The lowest BCUT2D eigenvalue weighted by Crippen LogP contribution is -1.94. The van der Waals surface area contributed by atoms with E-state index in [0.29, 0.717) is 0 Å². The molecule has 0 fully saturated rings. The first-order valence-corrected chi connectivity index (χ1v) is 28.1. The Morgan fingerprint density at radius 2 is 0.639 bits per heavy atom. The van der Waals surface area contributed by atoms with Gasteiger partial charge < -0.3 is 4.42 Å². The maximum absolute atomic E-state index is 6.61. The van der Waals surface area contributed by atoms with E-state index < -0.39 is 0 Å². The second-order valence-corrected chi connectivity index (χ2v) is 21.0. The normalized spacial score (nSPS) is 11.4. The molecule has 83 heavy (non-hydrogen) atoms. The first-order chi connectivity index (χ1) is 41.1. The van der Waals surface area contributed by atoms with Gasteiger partial charge in [-0.05, 0) is 168 Å². The molecule has 0 saturated heterocycles. The van der Waals surface area contributed by atoms with Crippen LogP contribution < -0.4 is 0 Å². The Labute approximate surface area is 482 Å². The predicted molar refractivity (Wildman–Crippen MR) is 344 cm³/mol. The fourth-order valence-electron chi connectivity index (χ4n) is 12.0. The zero-order chi connectivity index (χ0) is 55.1. The number of fused-ring (bicyclic) bond motifs is 4. The third kappa shape index (κ3) is 9.34. The number of aromatic nitrogens is 3. The lowest BCUT2D eigenvalue weighted by Gasteiger charge is -2.19. The van der Waals surface area contributed by atoms with E-state index in [2.05, 4.69) is 271 Å². The van der Waals surface area contributed by atoms with E-state index in [1.54, 1.807) is 0 Å². The summed E-state index contributed by atoms with van der Waals surface area (Å²) in [4.78, 5) is 14.6. The molecular weight excluding hydrogens is 1010 g/mol. The number of nitrogens with zero attached hydrogens (tertiary/aromatic N) is 3. The average molecular weight is 1060 g/mol. The van der Waals surface area contributed by atoms with Crippen molar-refractivity contribution in [3.8, 4) is 123 Å². The first-order valence-electron chi connectivity index (χ1n) is 28.1. The number of hydrogen-bond donors (Lipinski definition) is 0. The molecule has 0 radical (unpaired) electrons. The Morgan fingerprint density at radius 3 is 1.23 bits per heavy atom. The van der Waals surface area contributed by atoms with Gasteiger partial charge in [0.1, 0.15) is 11.2 Å². The van der Waals surface area contributed by atoms with Crippen molar-refractivity contribution >= 4 is 32.8 Å². The predicted octanol–water partition coefficient (Wildman–Crippen LogP) is 21.3. The van der Waals surface area contributed by atoms with Gasteiger partial charge >= 0.3 is 0 Å². The van der Waals surface area contributed by atoms with Crippen LogP contribution in [0.15, 0.2) is 314 Å². The minimum atomic E-state index is 0.843. The van der Waals surface area contributed by atoms with Gasteiger partial charge in [-0.25, -0.2) is 4.98 Å². The topological polar surface area (TPSA) is 51.8 Å². The minimum absolute atomic E-state index is 0.843. The molecule has 15 aromatic rings. The van der Waals surface area contributed by atoms with Crippen molar-refractivity contribution < 1.29 is 4.42 Å². The van der Waals surface area contributed by atoms with Gasteiger partial charge in [0.2, 0.25) is 0 Å². The summed E-state index contributed by atoms with van der Waals surface area (Å²) in [6, 6.07) is 106. The number of rotatable bonds is 11. The summed E-state index contributed by atoms with van der Waals surface area (Å²) in [6.45, 7) is 0. The van der Waals surface area contributed by atoms with Crippen molar-refractivity contribution in [2.24, 2.45) is 0 Å². The van der Waals surface area contributed by atoms with Gasteiger partial charge in [0, 0.05) is 45.2 Å². The van der Waals surface area contributed by atoms with Crippen LogP contribution in [0.3, 0.4) is 0 Å². The highest BCUT2D eigenvalue weighted by molar-refractivity contribution is 6.07. The van der Waals surface area contributed by atoms with Gasteiger partial charge in [-0.15, -0.1) is 0 Å². The summed E-state index contributed by atoms with van der Waals surface area (Å²) in [5.41, 5.74) is 26.5. The summed E-state index contributed by atoms with van der Waals surface area (Å²) in [5, 5.41) is 3.31. The Hall–Kier alpha value is -11.1. The molecule has 4 heteroatoms. The number of benzene rings is 11. The van der Waals surface area contributed by atoms with E-state index >= 15 is 0 Å². The Morgan fingerprint density at radius 1 is 0.205 bits per heavy atom. The molecule has 388 valence electrons. The molecule has 0 amide bonds. The molecule has 0 saturated carbocycles. The quantitative estimate of drug-likeness (QED) is 0.130. The van der Waals surface area contributed by atoms with Crippen LogP contribution in [-0.4, -0.2) is 15.0 Å². The molecule has 0 atom stereocenters. The average Bonchev–Trinajstić information content (AvgIpc) is 4.21. The van der Waals surface area contributed by atoms with Gasteiger partial charge in [-0.2, -0.15) is 0 Å². The van der Waals surface area contributed by atoms with E-state index in [9.17, 15) is 0 Å². The highest BCUT2D eigenvalue weighted by atomic mass is 16.3. The van der Waals surface area contributed by atoms with Gasteiger partial charge in [-0.1, -0.05) is 218 Å². The smallest absolute Gasteiger partial charge is 0.136 e. The molecule has 0 spiro atoms. The van der Waals surface area contributed by atoms with Crippen LogP contribution in [0.1, 0.15) is 0 Å². The monoisotopic (exact) mass is 1060 g/mol. The number of para-hydroxylation sites is 2. The van der Waals surface area contributed by atoms with Crippen molar-refractivity contribution in [2.75, 3.05) is 0 Å². The van der Waals surface area contributed by atoms with Gasteiger partial charge in [0.15, 0.2) is 0 Å². The molecule has 0 bridgehead atoms. The number of pyridine rings is 3. The summed E-state index contributed by atoms with van der Waals surface area (Å²) in [6.07, 6.45) is 3.69. The maximum atomic E-state index is 6.61. The van der Waals surface area contributed by atoms with Crippen molar-refractivity contribution in [1.82, 2.24) is 15.0 Å². The van der Waals surface area contributed by atoms with Crippen molar-refractivity contribution in [3.63, 3.8) is 0 Å². The Kier molecular flexibility index (Phi) is 12.5. The molecule has 4 heterocycles. The fourth-order valence-corrected chi connectivity index (χ4v) is 12.0. The molecule has 4 nitrogen and oxygen atoms in total. The standard InChI is InChI=1S/C79H51N3O/c1-2-18-52(19-3-1)73-51-77(82-76-30-12-10-26-69(73)76)58-41-42-68(72(49-58)57-40-43-71-70-27-11-13-31-78(70)83-79(71)50-57)67-25-9-8-24-66(67)61-47-59(64-22-6-4-20-62(64)53-32-36-55(37-33-53)74-28-14-16-44-80-74)46-60(48-61)65-23-7-5-21-63(65)54-34-38-56(39-35-54)75-29-15-17-45-81-75/h1-51H. The number of furan rings is 1. The molecule has 0 aliphatic carbocycles. The van der Waals surface area contributed by atoms with Gasteiger partial charge in [0.25, 0.3) is 0 Å². The summed E-state index contributed by atoms with van der Waals surface area (Å²) < 4.78 is 6.61. The van der Waals surface area contributed by atoms with Gasteiger partial charge in [0.05, 0.1) is 22.6 Å². The second-order valence-electron chi connectivity index (χ2n) is 21.0. The largest absolute Gasteiger partial charge is 0.456 e. The van der Waals surface area contributed by atoms with E-state index in [4.69, 9.17) is 9.40 Å². The van der Waals surface area contributed by atoms with E-state index in [0.717, 1.165) is 156 Å². The molecular formula is C79H51N3O. The molecule has 0 unspecified atom stereocenters. The molecule has 11 aromatic carbocycles. The summed E-state index contributed by atoms with van der Waals surface area (Å²) in [5.74, 6) is 0. The molecule has 0 aliphatic rings. The fraction of sp³-hybridized carbons (Fsp3) is 0. The molecule has 0 N–H and O–H groups in total. The van der Waals surface area contributed by atoms with Gasteiger partial charge in [-0.3, -0.25) is 9.97 Å². The van der Waals surface area contributed by atoms with Crippen LogP contribution in [0, 0.1) is 0 Å². The van der Waals surface area contributed by atoms with E-state index in [-0.39, 0.29) is 0 Å². The lowest BCUT2D eigenvalue weighted by atomic mass is 9.84. The van der Waals surface area contributed by atoms with Crippen LogP contribution in [-0.2, 0) is 0 Å². The highest BCUT2D eigenvalue weighted by Crippen LogP contribution is 2.46. The SMILES string of the molecule is c1ccc(-c2cc(-c3ccc(-c4ccccc4-c4cc(-c5ccccc5-c5ccc(-c6ccccn6)cc5)cc(-c5ccccc5-c5ccc(-c6ccccn6)cc5)c4)c(-c4ccc5c(c4)oc4ccccc45)c3)nc3ccccc23)cc1. The summed E-state index contributed by atoms with van der Waals surface area (Å²) >= 11 is 0. The van der Waals surface area contributed by atoms with E-state index in [1.807, 2.05) is 48.8 Å². The second kappa shape index (κ2) is 21.2. The van der Waals surface area contributed by atoms with Crippen LogP contribution in [0.5, 0.6) is 0 Å². The Balaban J connectivity index is 0.927. The zero-order valence-electron chi connectivity index (χ0n) is 45.2. The molecule has 15 rings (SSSR count).